The Morgan fingerprint density at radius 3 is 2.83 bits per heavy atom. The number of benzene rings is 2. The minimum absolute atomic E-state index is 0.194. The first-order valence-electron chi connectivity index (χ1n) is 11.0. The number of nitrogens with zero attached hydrogens (tertiary/aromatic N) is 4. The van der Waals surface area contributed by atoms with Crippen LogP contribution in [0.4, 0.5) is 5.82 Å². The zero-order chi connectivity index (χ0) is 24.5. The fraction of sp³-hybridized carbons (Fsp3) is 0.217. The van der Waals surface area contributed by atoms with Crippen LogP contribution in [0.3, 0.4) is 0 Å². The van der Waals surface area contributed by atoms with E-state index in [1.807, 2.05) is 6.07 Å². The van der Waals surface area contributed by atoms with Crippen molar-refractivity contribution in [1.82, 2.24) is 19.5 Å². The van der Waals surface area contributed by atoms with Gasteiger partial charge in [-0.1, -0.05) is 30.3 Å². The van der Waals surface area contributed by atoms with Crippen LogP contribution in [0.25, 0.3) is 17.0 Å². The molecule has 0 spiro atoms. The molecular weight excluding hydrogens is 451 g/mol. The number of carbonyl (C=O) groups is 1. The summed E-state index contributed by atoms with van der Waals surface area (Å²) in [6.45, 7) is 0.921. The first-order valence-corrected chi connectivity index (χ1v) is 11.0. The number of carbonyl (C=O) groups excluding carboxylic acids is 1. The summed E-state index contributed by atoms with van der Waals surface area (Å²) in [7, 11) is -0.0767. The van der Waals surface area contributed by atoms with Crippen LogP contribution < -0.4 is 26.0 Å². The monoisotopic (exact) mass is 474 g/mol. The summed E-state index contributed by atoms with van der Waals surface area (Å²) in [6, 6.07) is 12.3. The molecule has 2 aromatic heterocycles. The zero-order valence-corrected chi connectivity index (χ0v) is 18.9. The van der Waals surface area contributed by atoms with Crippen LogP contribution >= 0.6 is 0 Å². The summed E-state index contributed by atoms with van der Waals surface area (Å²) < 4.78 is 12.9. The number of primary amides is 1. The number of amides is 1. The molecule has 35 heavy (non-hydrogen) atoms. The number of rotatable bonds is 7. The molecule has 0 aliphatic carbocycles. The van der Waals surface area contributed by atoms with Crippen molar-refractivity contribution in [1.29, 1.82) is 0 Å². The largest absolute Gasteiger partial charge is 0.488 e. The third-order valence-corrected chi connectivity index (χ3v) is 5.78. The number of para-hydroxylation sites is 1. The molecule has 0 saturated heterocycles. The predicted molar refractivity (Wildman–Crippen MR) is 129 cm³/mol. The quantitative estimate of drug-likeness (QED) is 0.281. The maximum Gasteiger partial charge on any atom is 0.488 e. The van der Waals surface area contributed by atoms with E-state index in [0.29, 0.717) is 41.3 Å². The number of methoxy groups -OCH3 is 1. The number of ether oxygens (including phenoxy) is 2. The van der Waals surface area contributed by atoms with E-state index in [1.165, 1.54) is 7.11 Å². The van der Waals surface area contributed by atoms with Gasteiger partial charge in [0.2, 0.25) is 11.8 Å². The summed E-state index contributed by atoms with van der Waals surface area (Å²) in [5.74, 6) is 0.691. The average Bonchev–Trinajstić information content (AvgIpc) is 3.26. The Bertz CT molecular complexity index is 1420. The van der Waals surface area contributed by atoms with Crippen LogP contribution in [0.1, 0.15) is 27.9 Å². The molecule has 5 rings (SSSR count). The Morgan fingerprint density at radius 1 is 1.23 bits per heavy atom. The van der Waals surface area contributed by atoms with Crippen LogP contribution in [-0.4, -0.2) is 56.3 Å². The van der Waals surface area contributed by atoms with Gasteiger partial charge in [-0.05, 0) is 36.0 Å². The summed E-state index contributed by atoms with van der Waals surface area (Å²) >= 11 is 0. The highest BCUT2D eigenvalue weighted by atomic mass is 16.5. The van der Waals surface area contributed by atoms with Crippen molar-refractivity contribution in [3.8, 4) is 17.8 Å². The summed E-state index contributed by atoms with van der Waals surface area (Å²) in [6.07, 6.45) is 1.57. The first kappa shape index (κ1) is 22.6. The van der Waals surface area contributed by atoms with E-state index in [2.05, 4.69) is 15.3 Å². The van der Waals surface area contributed by atoms with Crippen molar-refractivity contribution in [3.63, 3.8) is 0 Å². The van der Waals surface area contributed by atoms with Crippen molar-refractivity contribution in [2.24, 2.45) is 5.73 Å². The average molecular weight is 474 g/mol. The van der Waals surface area contributed by atoms with Crippen molar-refractivity contribution in [2.45, 2.75) is 19.4 Å². The van der Waals surface area contributed by atoms with E-state index >= 15 is 0 Å². The molecule has 4 aromatic rings. The van der Waals surface area contributed by atoms with Gasteiger partial charge >= 0.3 is 13.1 Å². The number of hydrogen-bond acceptors (Lipinski definition) is 9. The number of fused-ring (bicyclic) bond motifs is 2. The smallest absolute Gasteiger partial charge is 0.477 e. The number of nitrogens with one attached hydrogen (secondary N) is 1. The van der Waals surface area contributed by atoms with Crippen molar-refractivity contribution in [3.05, 3.63) is 59.2 Å². The normalized spacial score (nSPS) is 12.7. The second-order valence-electron chi connectivity index (χ2n) is 8.05. The summed E-state index contributed by atoms with van der Waals surface area (Å²) in [4.78, 5) is 25.8. The molecule has 0 saturated carbocycles. The highest BCUT2D eigenvalue weighted by Crippen LogP contribution is 2.33. The van der Waals surface area contributed by atoms with E-state index in [1.54, 1.807) is 41.0 Å². The lowest BCUT2D eigenvalue weighted by Gasteiger charge is -2.21. The standard InChI is InChI=1S/C23H23BN6O5/c1-34-23-27-18-15(19(25)31)7-3-9-17(18)30(23)22-28-20(16-8-4-10-35-21(16)29-22)26-12-13-5-2-6-14(11-13)24(32)33/h2-3,5-7,9,11,32-33H,4,8,10,12H2,1H3,(H2,25,31)(H,26,28,29). The van der Waals surface area contributed by atoms with E-state index in [-0.39, 0.29) is 17.5 Å². The molecule has 178 valence electrons. The second-order valence-corrected chi connectivity index (χ2v) is 8.05. The Labute approximate surface area is 200 Å². The molecule has 1 aliphatic heterocycles. The second kappa shape index (κ2) is 9.24. The van der Waals surface area contributed by atoms with Gasteiger partial charge in [0.15, 0.2) is 0 Å². The molecule has 12 heteroatoms. The number of aromatic nitrogens is 4. The molecular formula is C23H23BN6O5. The third-order valence-electron chi connectivity index (χ3n) is 5.78. The van der Waals surface area contributed by atoms with Gasteiger partial charge in [0.25, 0.3) is 5.91 Å². The Morgan fingerprint density at radius 2 is 2.06 bits per heavy atom. The number of nitrogens with two attached hydrogens (primary N) is 1. The molecule has 3 heterocycles. The molecule has 0 bridgehead atoms. The van der Waals surface area contributed by atoms with Gasteiger partial charge in [-0.25, -0.2) is 4.57 Å². The van der Waals surface area contributed by atoms with Crippen LogP contribution in [0, 0.1) is 0 Å². The van der Waals surface area contributed by atoms with Crippen LogP contribution in [0.5, 0.6) is 11.9 Å². The van der Waals surface area contributed by atoms with Gasteiger partial charge in [0.05, 0.1) is 30.4 Å². The van der Waals surface area contributed by atoms with Gasteiger partial charge in [-0.15, -0.1) is 0 Å². The highest BCUT2D eigenvalue weighted by molar-refractivity contribution is 6.58. The minimum Gasteiger partial charge on any atom is -0.477 e. The van der Waals surface area contributed by atoms with Crippen LogP contribution in [0.2, 0.25) is 0 Å². The van der Waals surface area contributed by atoms with Gasteiger partial charge in [-0.3, -0.25) is 4.79 Å². The SMILES string of the molecule is COc1nc2c(C(N)=O)cccc2n1-c1nc(NCc2cccc(B(O)O)c2)c2c(n1)OCCC2. The van der Waals surface area contributed by atoms with Crippen molar-refractivity contribution in [2.75, 3.05) is 19.0 Å². The van der Waals surface area contributed by atoms with E-state index < -0.39 is 13.0 Å². The Balaban J connectivity index is 1.59. The van der Waals surface area contributed by atoms with Crippen molar-refractivity contribution < 1.29 is 24.3 Å². The molecule has 1 amide bonds. The fourth-order valence-corrected chi connectivity index (χ4v) is 4.12. The maximum atomic E-state index is 11.9. The van der Waals surface area contributed by atoms with E-state index in [4.69, 9.17) is 20.2 Å². The molecule has 0 radical (unpaired) electrons. The summed E-state index contributed by atoms with van der Waals surface area (Å²) in [5, 5.41) is 22.3. The Kier molecular flexibility index (Phi) is 5.97. The lowest BCUT2D eigenvalue weighted by atomic mass is 9.79. The molecule has 1 aliphatic rings. The molecule has 5 N–H and O–H groups in total. The van der Waals surface area contributed by atoms with E-state index in [9.17, 15) is 14.8 Å². The van der Waals surface area contributed by atoms with Crippen LogP contribution in [-0.2, 0) is 13.0 Å². The minimum atomic E-state index is -1.55. The zero-order valence-electron chi connectivity index (χ0n) is 18.9. The molecule has 11 nitrogen and oxygen atoms in total. The number of anilines is 1. The lowest BCUT2D eigenvalue weighted by molar-refractivity contribution is 0.100. The first-order chi connectivity index (χ1) is 17.0. The van der Waals surface area contributed by atoms with Crippen molar-refractivity contribution >= 4 is 35.3 Å². The maximum absolute atomic E-state index is 11.9. The molecule has 0 unspecified atom stereocenters. The van der Waals surface area contributed by atoms with Gasteiger partial charge in [0.1, 0.15) is 11.3 Å². The molecule has 0 atom stereocenters. The van der Waals surface area contributed by atoms with Crippen LogP contribution in [0.15, 0.2) is 42.5 Å². The molecule has 2 aromatic carbocycles. The fourth-order valence-electron chi connectivity index (χ4n) is 4.12. The van der Waals surface area contributed by atoms with Gasteiger partial charge < -0.3 is 30.6 Å². The highest BCUT2D eigenvalue weighted by Gasteiger charge is 2.24. The van der Waals surface area contributed by atoms with Gasteiger partial charge in [-0.2, -0.15) is 15.0 Å². The number of imidazole rings is 1. The molecule has 0 fully saturated rings. The van der Waals surface area contributed by atoms with E-state index in [0.717, 1.165) is 24.0 Å². The summed E-state index contributed by atoms with van der Waals surface area (Å²) in [5.41, 5.74) is 8.83. The lowest BCUT2D eigenvalue weighted by Crippen LogP contribution is -2.30. The third kappa shape index (κ3) is 4.24. The number of hydrogen-bond donors (Lipinski definition) is 4. The topological polar surface area (TPSA) is 158 Å². The Hall–Kier alpha value is -4.16. The van der Waals surface area contributed by atoms with Gasteiger partial charge in [0, 0.05) is 6.54 Å². The predicted octanol–water partition coefficient (Wildman–Crippen LogP) is 0.540.